The SMILES string of the molecule is CC1Cc2ccccc2N1S(=O)(=O)c1cccc(C(=O)Nc2ccc3oc(=O)ccc3c2)c1. The van der Waals surface area contributed by atoms with Crippen LogP contribution in [0.3, 0.4) is 0 Å². The van der Waals surface area contributed by atoms with Crippen LogP contribution in [-0.2, 0) is 16.4 Å². The molecule has 7 nitrogen and oxygen atoms in total. The van der Waals surface area contributed by atoms with Crippen molar-refractivity contribution in [3.8, 4) is 0 Å². The van der Waals surface area contributed by atoms with E-state index in [0.29, 0.717) is 28.8 Å². The summed E-state index contributed by atoms with van der Waals surface area (Å²) in [4.78, 5) is 24.3. The second kappa shape index (κ2) is 7.90. The smallest absolute Gasteiger partial charge is 0.336 e. The number of sulfonamides is 1. The van der Waals surface area contributed by atoms with Gasteiger partial charge < -0.3 is 9.73 Å². The predicted octanol–water partition coefficient (Wildman–Crippen LogP) is 4.19. The van der Waals surface area contributed by atoms with Crippen LogP contribution in [0.5, 0.6) is 0 Å². The van der Waals surface area contributed by atoms with Gasteiger partial charge in [-0.1, -0.05) is 24.3 Å². The van der Waals surface area contributed by atoms with Crippen LogP contribution in [0.4, 0.5) is 11.4 Å². The number of hydrogen-bond acceptors (Lipinski definition) is 5. The van der Waals surface area contributed by atoms with Gasteiger partial charge in [0.2, 0.25) is 0 Å². The average Bonchev–Trinajstić information content (AvgIpc) is 3.15. The molecule has 1 aromatic heterocycles. The van der Waals surface area contributed by atoms with E-state index in [-0.39, 0.29) is 16.5 Å². The van der Waals surface area contributed by atoms with Crippen molar-refractivity contribution in [1.29, 1.82) is 0 Å². The normalized spacial score (nSPS) is 15.4. The molecule has 0 radical (unpaired) electrons. The van der Waals surface area contributed by atoms with Crippen LogP contribution in [0.15, 0.2) is 93.0 Å². The number of benzene rings is 3. The first kappa shape index (κ1) is 21.0. The Bertz CT molecular complexity index is 1560. The number of hydrogen-bond donors (Lipinski definition) is 1. The number of nitrogens with zero attached hydrogens (tertiary/aromatic N) is 1. The van der Waals surface area contributed by atoms with Gasteiger partial charge in [-0.3, -0.25) is 9.10 Å². The minimum absolute atomic E-state index is 0.0546. The second-order valence-electron chi connectivity index (χ2n) is 7.97. The number of carbonyl (C=O) groups excluding carboxylic acids is 1. The Morgan fingerprint density at radius 2 is 1.82 bits per heavy atom. The summed E-state index contributed by atoms with van der Waals surface area (Å²) < 4.78 is 33.5. The summed E-state index contributed by atoms with van der Waals surface area (Å²) >= 11 is 0. The van der Waals surface area contributed by atoms with Gasteiger partial charge in [-0.25, -0.2) is 13.2 Å². The summed E-state index contributed by atoms with van der Waals surface area (Å²) in [7, 11) is -3.85. The van der Waals surface area contributed by atoms with E-state index in [4.69, 9.17) is 4.42 Å². The van der Waals surface area contributed by atoms with Gasteiger partial charge in [-0.2, -0.15) is 0 Å². The van der Waals surface area contributed by atoms with E-state index < -0.39 is 21.6 Å². The van der Waals surface area contributed by atoms with Crippen LogP contribution in [-0.4, -0.2) is 20.4 Å². The van der Waals surface area contributed by atoms with Crippen molar-refractivity contribution in [3.05, 3.63) is 100 Å². The zero-order valence-electron chi connectivity index (χ0n) is 17.7. The molecule has 1 unspecified atom stereocenters. The molecule has 5 rings (SSSR count). The van der Waals surface area contributed by atoms with Crippen molar-refractivity contribution in [1.82, 2.24) is 0 Å². The number of fused-ring (bicyclic) bond motifs is 2. The lowest BCUT2D eigenvalue weighted by molar-refractivity contribution is 0.102. The van der Waals surface area contributed by atoms with E-state index in [1.807, 2.05) is 25.1 Å². The first-order chi connectivity index (χ1) is 15.8. The fraction of sp³-hybridized carbons (Fsp3) is 0.120. The van der Waals surface area contributed by atoms with Gasteiger partial charge in [-0.15, -0.1) is 0 Å². The quantitative estimate of drug-likeness (QED) is 0.461. The highest BCUT2D eigenvalue weighted by molar-refractivity contribution is 7.92. The maximum Gasteiger partial charge on any atom is 0.336 e. The van der Waals surface area contributed by atoms with E-state index in [0.717, 1.165) is 5.56 Å². The third kappa shape index (κ3) is 3.78. The summed E-state index contributed by atoms with van der Waals surface area (Å²) in [5.41, 5.74) is 2.32. The summed E-state index contributed by atoms with van der Waals surface area (Å²) in [6.07, 6.45) is 0.637. The predicted molar refractivity (Wildman–Crippen MR) is 126 cm³/mol. The Morgan fingerprint density at radius 3 is 2.67 bits per heavy atom. The number of para-hydroxylation sites is 1. The molecule has 0 spiro atoms. The standard InChI is InChI=1S/C25H20N2O5S/c1-16-13-17-5-2-3-8-22(17)27(16)33(30,31)21-7-4-6-19(15-21)25(29)26-20-10-11-23-18(14-20)9-12-24(28)32-23/h2-12,14-16H,13H2,1H3,(H,26,29). The lowest BCUT2D eigenvalue weighted by atomic mass is 10.1. The van der Waals surface area contributed by atoms with E-state index in [9.17, 15) is 18.0 Å². The highest BCUT2D eigenvalue weighted by Gasteiger charge is 2.36. The molecular weight excluding hydrogens is 440 g/mol. The number of anilines is 2. The van der Waals surface area contributed by atoms with Crippen LogP contribution >= 0.6 is 0 Å². The van der Waals surface area contributed by atoms with Crippen LogP contribution in [0.2, 0.25) is 0 Å². The van der Waals surface area contributed by atoms with Gasteiger partial charge in [0, 0.05) is 28.7 Å². The molecule has 4 aromatic rings. The molecule has 0 fully saturated rings. The molecule has 8 heteroatoms. The molecule has 2 heterocycles. The molecule has 1 aliphatic heterocycles. The van der Waals surface area contributed by atoms with Crippen LogP contribution in [0.25, 0.3) is 11.0 Å². The number of nitrogens with one attached hydrogen (secondary N) is 1. The van der Waals surface area contributed by atoms with Crippen molar-refractivity contribution < 1.29 is 17.6 Å². The van der Waals surface area contributed by atoms with Crippen molar-refractivity contribution >= 4 is 38.3 Å². The summed E-state index contributed by atoms with van der Waals surface area (Å²) in [6.45, 7) is 1.87. The summed E-state index contributed by atoms with van der Waals surface area (Å²) in [6, 6.07) is 21.0. The Balaban J connectivity index is 1.44. The molecule has 1 atom stereocenters. The monoisotopic (exact) mass is 460 g/mol. The third-order valence-corrected chi connectivity index (χ3v) is 7.60. The molecule has 33 heavy (non-hydrogen) atoms. The molecule has 166 valence electrons. The first-order valence-electron chi connectivity index (χ1n) is 10.4. The molecule has 1 amide bonds. The van der Waals surface area contributed by atoms with Gasteiger partial charge in [0.1, 0.15) is 5.58 Å². The minimum atomic E-state index is -3.85. The van der Waals surface area contributed by atoms with Crippen molar-refractivity contribution in [2.24, 2.45) is 0 Å². The molecule has 3 aromatic carbocycles. The van der Waals surface area contributed by atoms with E-state index in [2.05, 4.69) is 5.32 Å². The zero-order valence-corrected chi connectivity index (χ0v) is 18.5. The fourth-order valence-electron chi connectivity index (χ4n) is 4.17. The summed E-state index contributed by atoms with van der Waals surface area (Å²) in [5, 5.41) is 3.43. The Kier molecular flexibility index (Phi) is 5.02. The first-order valence-corrected chi connectivity index (χ1v) is 11.8. The van der Waals surface area contributed by atoms with Crippen molar-refractivity contribution in [3.63, 3.8) is 0 Å². The Hall–Kier alpha value is -3.91. The van der Waals surface area contributed by atoms with E-state index >= 15 is 0 Å². The lowest BCUT2D eigenvalue weighted by Gasteiger charge is -2.24. The average molecular weight is 461 g/mol. The van der Waals surface area contributed by atoms with Crippen LogP contribution in [0, 0.1) is 0 Å². The minimum Gasteiger partial charge on any atom is -0.423 e. The fourth-order valence-corrected chi connectivity index (χ4v) is 5.91. The van der Waals surface area contributed by atoms with E-state index in [1.165, 1.54) is 22.5 Å². The van der Waals surface area contributed by atoms with Gasteiger partial charge in [0.15, 0.2) is 0 Å². The molecule has 0 saturated heterocycles. The molecule has 1 N–H and O–H groups in total. The zero-order chi connectivity index (χ0) is 23.2. The topological polar surface area (TPSA) is 96.7 Å². The highest BCUT2D eigenvalue weighted by atomic mass is 32.2. The van der Waals surface area contributed by atoms with Gasteiger partial charge in [0.05, 0.1) is 10.6 Å². The number of rotatable bonds is 4. The molecule has 0 saturated carbocycles. The van der Waals surface area contributed by atoms with E-state index in [1.54, 1.807) is 42.5 Å². The third-order valence-electron chi connectivity index (χ3n) is 5.67. The Morgan fingerprint density at radius 1 is 1.00 bits per heavy atom. The van der Waals surface area contributed by atoms with Crippen molar-refractivity contribution in [2.45, 2.75) is 24.3 Å². The lowest BCUT2D eigenvalue weighted by Crippen LogP contribution is -2.35. The largest absolute Gasteiger partial charge is 0.423 e. The maximum absolute atomic E-state index is 13.5. The number of amides is 1. The van der Waals surface area contributed by atoms with Gasteiger partial charge in [0.25, 0.3) is 15.9 Å². The Labute approximate surface area is 190 Å². The molecule has 0 bridgehead atoms. The van der Waals surface area contributed by atoms with Gasteiger partial charge >= 0.3 is 5.63 Å². The molecule has 1 aliphatic rings. The van der Waals surface area contributed by atoms with Crippen molar-refractivity contribution in [2.75, 3.05) is 9.62 Å². The second-order valence-corrected chi connectivity index (χ2v) is 9.79. The van der Waals surface area contributed by atoms with Gasteiger partial charge in [-0.05, 0) is 67.4 Å². The summed E-state index contributed by atoms with van der Waals surface area (Å²) in [5.74, 6) is -0.446. The maximum atomic E-state index is 13.5. The molecular formula is C25H20N2O5S. The highest BCUT2D eigenvalue weighted by Crippen LogP contribution is 2.36. The van der Waals surface area contributed by atoms with Crippen LogP contribution < -0.4 is 15.2 Å². The van der Waals surface area contributed by atoms with Crippen LogP contribution in [0.1, 0.15) is 22.8 Å². The molecule has 0 aliphatic carbocycles. The number of carbonyl (C=O) groups is 1.